The van der Waals surface area contributed by atoms with Crippen molar-refractivity contribution in [2.75, 3.05) is 32.8 Å². The van der Waals surface area contributed by atoms with Crippen LogP contribution in [0, 0.1) is 0 Å². The van der Waals surface area contributed by atoms with Gasteiger partial charge in [0.15, 0.2) is 0 Å². The van der Waals surface area contributed by atoms with E-state index in [1.54, 1.807) is 0 Å². The van der Waals surface area contributed by atoms with Gasteiger partial charge < -0.3 is 15.4 Å². The SMILES string of the molecule is Cl.Cl.O=C(NCC1CCCCN1Cc1ccccc1)C1CNCCO1. The maximum absolute atomic E-state index is 12.2. The molecule has 1 aromatic rings. The summed E-state index contributed by atoms with van der Waals surface area (Å²) in [7, 11) is 0. The van der Waals surface area contributed by atoms with Crippen molar-refractivity contribution in [2.24, 2.45) is 0 Å². The molecule has 2 N–H and O–H groups in total. The minimum atomic E-state index is -0.338. The lowest BCUT2D eigenvalue weighted by Gasteiger charge is -2.36. The molecule has 2 unspecified atom stereocenters. The standard InChI is InChI=1S/C18H27N3O2.2ClH/c22-18(17-13-19-9-11-23-17)20-12-16-8-4-5-10-21(16)14-15-6-2-1-3-7-15;;/h1-3,6-7,16-17,19H,4-5,8-14H2,(H,20,22);2*1H. The van der Waals surface area contributed by atoms with Crippen LogP contribution in [-0.4, -0.2) is 55.7 Å². The zero-order valence-electron chi connectivity index (χ0n) is 14.5. The first-order chi connectivity index (χ1) is 11.3. The third-order valence-corrected chi connectivity index (χ3v) is 4.71. The molecule has 0 radical (unpaired) electrons. The molecule has 0 saturated carbocycles. The summed E-state index contributed by atoms with van der Waals surface area (Å²) in [6.07, 6.45) is 3.30. The second-order valence-electron chi connectivity index (χ2n) is 6.41. The number of halogens is 2. The normalized spacial score (nSPS) is 23.8. The molecule has 2 aliphatic heterocycles. The van der Waals surface area contributed by atoms with E-state index in [1.165, 1.54) is 18.4 Å². The van der Waals surface area contributed by atoms with Gasteiger partial charge in [0.05, 0.1) is 6.61 Å². The first kappa shape index (κ1) is 22.2. The first-order valence-corrected chi connectivity index (χ1v) is 8.71. The minimum absolute atomic E-state index is 0. The van der Waals surface area contributed by atoms with Crippen LogP contribution in [0.4, 0.5) is 0 Å². The van der Waals surface area contributed by atoms with Crippen LogP contribution in [0.2, 0.25) is 0 Å². The molecular formula is C18H29Cl2N3O2. The summed E-state index contributed by atoms with van der Waals surface area (Å²) >= 11 is 0. The highest BCUT2D eigenvalue weighted by molar-refractivity contribution is 5.85. The van der Waals surface area contributed by atoms with E-state index in [0.717, 1.165) is 26.1 Å². The van der Waals surface area contributed by atoms with Crippen molar-refractivity contribution < 1.29 is 9.53 Å². The van der Waals surface area contributed by atoms with E-state index in [1.807, 2.05) is 0 Å². The molecule has 3 rings (SSSR count). The highest BCUT2D eigenvalue weighted by Crippen LogP contribution is 2.19. The Morgan fingerprint density at radius 1 is 1.24 bits per heavy atom. The van der Waals surface area contributed by atoms with E-state index >= 15 is 0 Å². The molecule has 0 spiro atoms. The molecule has 2 saturated heterocycles. The van der Waals surface area contributed by atoms with Crippen LogP contribution >= 0.6 is 24.8 Å². The molecule has 2 aliphatic rings. The van der Waals surface area contributed by atoms with Crippen molar-refractivity contribution in [3.8, 4) is 0 Å². The summed E-state index contributed by atoms with van der Waals surface area (Å²) in [5, 5.41) is 6.29. The maximum Gasteiger partial charge on any atom is 0.250 e. The van der Waals surface area contributed by atoms with Crippen LogP contribution in [0.5, 0.6) is 0 Å². The molecule has 0 aromatic heterocycles. The fourth-order valence-electron chi connectivity index (χ4n) is 3.38. The van der Waals surface area contributed by atoms with Crippen LogP contribution in [0.3, 0.4) is 0 Å². The zero-order chi connectivity index (χ0) is 15.9. The van der Waals surface area contributed by atoms with Crippen molar-refractivity contribution in [3.63, 3.8) is 0 Å². The average molecular weight is 390 g/mol. The number of amides is 1. The van der Waals surface area contributed by atoms with E-state index in [9.17, 15) is 4.79 Å². The van der Waals surface area contributed by atoms with E-state index in [4.69, 9.17) is 4.74 Å². The molecule has 1 aromatic carbocycles. The third kappa shape index (κ3) is 6.76. The first-order valence-electron chi connectivity index (χ1n) is 8.71. The van der Waals surface area contributed by atoms with Crippen LogP contribution in [0.1, 0.15) is 24.8 Å². The number of likely N-dealkylation sites (tertiary alicyclic amines) is 1. The predicted octanol–water partition coefficient (Wildman–Crippen LogP) is 1.99. The Bertz CT molecular complexity index is 498. The van der Waals surface area contributed by atoms with Gasteiger partial charge in [-0.1, -0.05) is 36.8 Å². The number of piperidine rings is 1. The van der Waals surface area contributed by atoms with Gasteiger partial charge in [0.1, 0.15) is 6.10 Å². The van der Waals surface area contributed by atoms with Gasteiger partial charge in [0.2, 0.25) is 0 Å². The molecule has 25 heavy (non-hydrogen) atoms. The zero-order valence-corrected chi connectivity index (χ0v) is 16.1. The number of rotatable bonds is 5. The Kier molecular flexibility index (Phi) is 10.4. The van der Waals surface area contributed by atoms with Crippen molar-refractivity contribution in [1.29, 1.82) is 0 Å². The van der Waals surface area contributed by atoms with Crippen molar-refractivity contribution in [1.82, 2.24) is 15.5 Å². The maximum atomic E-state index is 12.2. The number of nitrogens with one attached hydrogen (secondary N) is 2. The molecule has 7 heteroatoms. The second-order valence-corrected chi connectivity index (χ2v) is 6.41. The average Bonchev–Trinajstić information content (AvgIpc) is 2.62. The summed E-state index contributed by atoms with van der Waals surface area (Å²) in [6, 6.07) is 11.0. The Morgan fingerprint density at radius 2 is 2.04 bits per heavy atom. The van der Waals surface area contributed by atoms with Gasteiger partial charge in [0, 0.05) is 32.2 Å². The van der Waals surface area contributed by atoms with E-state index in [2.05, 4.69) is 45.9 Å². The predicted molar refractivity (Wildman–Crippen MR) is 105 cm³/mol. The lowest BCUT2D eigenvalue weighted by molar-refractivity contribution is -0.134. The van der Waals surface area contributed by atoms with Gasteiger partial charge in [-0.25, -0.2) is 0 Å². The number of nitrogens with zero attached hydrogens (tertiary/aromatic N) is 1. The second kappa shape index (κ2) is 11.7. The number of carbonyl (C=O) groups is 1. The van der Waals surface area contributed by atoms with E-state index in [-0.39, 0.29) is 36.8 Å². The number of benzene rings is 1. The van der Waals surface area contributed by atoms with Crippen molar-refractivity contribution in [2.45, 2.75) is 38.0 Å². The Morgan fingerprint density at radius 3 is 2.76 bits per heavy atom. The summed E-state index contributed by atoms with van der Waals surface area (Å²) < 4.78 is 5.51. The molecule has 142 valence electrons. The fraction of sp³-hybridized carbons (Fsp3) is 0.611. The monoisotopic (exact) mass is 389 g/mol. The van der Waals surface area contributed by atoms with Crippen molar-refractivity contribution in [3.05, 3.63) is 35.9 Å². The fourth-order valence-corrected chi connectivity index (χ4v) is 3.38. The molecule has 0 aliphatic carbocycles. The highest BCUT2D eigenvalue weighted by atomic mass is 35.5. The molecule has 1 amide bonds. The van der Waals surface area contributed by atoms with Crippen LogP contribution in [0.15, 0.2) is 30.3 Å². The third-order valence-electron chi connectivity index (χ3n) is 4.71. The van der Waals surface area contributed by atoms with Crippen molar-refractivity contribution >= 4 is 30.7 Å². The highest BCUT2D eigenvalue weighted by Gasteiger charge is 2.26. The molecular weight excluding hydrogens is 361 g/mol. The number of ether oxygens (including phenoxy) is 1. The Labute approximate surface area is 162 Å². The summed E-state index contributed by atoms with van der Waals surface area (Å²) in [4.78, 5) is 14.7. The lowest BCUT2D eigenvalue weighted by Crippen LogP contribution is -2.51. The summed E-state index contributed by atoms with van der Waals surface area (Å²) in [6.45, 7) is 4.84. The van der Waals surface area contributed by atoms with Gasteiger partial charge in [-0.2, -0.15) is 0 Å². The number of morpholine rings is 1. The molecule has 2 atom stereocenters. The van der Waals surface area contributed by atoms with Gasteiger partial charge in [-0.15, -0.1) is 24.8 Å². The van der Waals surface area contributed by atoms with E-state index < -0.39 is 0 Å². The largest absolute Gasteiger partial charge is 0.366 e. The molecule has 0 bridgehead atoms. The number of hydrogen-bond acceptors (Lipinski definition) is 4. The van der Waals surface area contributed by atoms with E-state index in [0.29, 0.717) is 25.7 Å². The summed E-state index contributed by atoms with van der Waals surface area (Å²) in [5.41, 5.74) is 1.34. The Balaban J connectivity index is 0.00000156. The molecule has 2 heterocycles. The van der Waals surface area contributed by atoms with Gasteiger partial charge in [0.25, 0.3) is 5.91 Å². The lowest BCUT2D eigenvalue weighted by atomic mass is 10.0. The van der Waals surface area contributed by atoms with Crippen LogP contribution < -0.4 is 10.6 Å². The quantitative estimate of drug-likeness (QED) is 0.808. The van der Waals surface area contributed by atoms with Gasteiger partial charge >= 0.3 is 0 Å². The topological polar surface area (TPSA) is 53.6 Å². The Hall–Kier alpha value is -0.850. The number of hydrogen-bond donors (Lipinski definition) is 2. The molecule has 2 fully saturated rings. The summed E-state index contributed by atoms with van der Waals surface area (Å²) in [5.74, 6) is 0.0161. The molecule has 5 nitrogen and oxygen atoms in total. The minimum Gasteiger partial charge on any atom is -0.366 e. The van der Waals surface area contributed by atoms with Crippen LogP contribution in [-0.2, 0) is 16.1 Å². The van der Waals surface area contributed by atoms with Gasteiger partial charge in [-0.05, 0) is 24.9 Å². The van der Waals surface area contributed by atoms with Gasteiger partial charge in [-0.3, -0.25) is 9.69 Å². The number of carbonyl (C=O) groups excluding carboxylic acids is 1. The smallest absolute Gasteiger partial charge is 0.250 e. The van der Waals surface area contributed by atoms with Crippen LogP contribution in [0.25, 0.3) is 0 Å².